The maximum atomic E-state index is 3.74. The van der Waals surface area contributed by atoms with Gasteiger partial charge in [-0.2, -0.15) is 0 Å². The van der Waals surface area contributed by atoms with Crippen molar-refractivity contribution in [2.24, 2.45) is 0 Å². The summed E-state index contributed by atoms with van der Waals surface area (Å²) in [5.74, 6) is 0. The van der Waals surface area contributed by atoms with Crippen LogP contribution in [0.3, 0.4) is 0 Å². The highest BCUT2D eigenvalue weighted by molar-refractivity contribution is 7.00. The van der Waals surface area contributed by atoms with Crippen molar-refractivity contribution in [3.63, 3.8) is 0 Å². The summed E-state index contributed by atoms with van der Waals surface area (Å²) in [6, 6.07) is 54.6. The molecule has 4 heteroatoms. The molecule has 0 radical (unpaired) electrons. The third-order valence-electron chi connectivity index (χ3n) is 9.44. The molecule has 2 heterocycles. The maximum absolute atomic E-state index is 3.74. The van der Waals surface area contributed by atoms with Gasteiger partial charge in [-0.1, -0.05) is 109 Å². The van der Waals surface area contributed by atoms with Gasteiger partial charge in [0.25, 0.3) is 6.71 Å². The molecule has 6 aromatic carbocycles. The number of benzene rings is 6. The molecule has 0 fully saturated rings. The zero-order valence-electron chi connectivity index (χ0n) is 25.9. The lowest BCUT2D eigenvalue weighted by Gasteiger charge is -2.41. The molecule has 1 aliphatic carbocycles. The van der Waals surface area contributed by atoms with Crippen molar-refractivity contribution in [1.82, 2.24) is 0 Å². The van der Waals surface area contributed by atoms with E-state index in [1.54, 1.807) is 0 Å². The van der Waals surface area contributed by atoms with Crippen LogP contribution >= 0.6 is 0 Å². The first-order valence-electron chi connectivity index (χ1n) is 16.3. The van der Waals surface area contributed by atoms with Crippen LogP contribution in [0.4, 0.5) is 39.8 Å². The summed E-state index contributed by atoms with van der Waals surface area (Å²) >= 11 is 0. The zero-order chi connectivity index (χ0) is 31.2. The number of hydrogen-bond donors (Lipinski definition) is 1. The molecule has 0 bridgehead atoms. The lowest BCUT2D eigenvalue weighted by Crippen LogP contribution is -2.60. The van der Waals surface area contributed by atoms with Crippen molar-refractivity contribution in [2.75, 3.05) is 15.1 Å². The van der Waals surface area contributed by atoms with Crippen LogP contribution < -0.4 is 31.5 Å². The van der Waals surface area contributed by atoms with Crippen LogP contribution in [0.5, 0.6) is 0 Å². The van der Waals surface area contributed by atoms with E-state index in [1.165, 1.54) is 50.3 Å². The van der Waals surface area contributed by atoms with Crippen LogP contribution in [-0.4, -0.2) is 6.71 Å². The molecule has 0 amide bonds. The molecular formula is C43H32BN3. The van der Waals surface area contributed by atoms with Gasteiger partial charge in [-0.05, 0) is 101 Å². The minimum atomic E-state index is 0.123. The number of nitrogens with one attached hydrogen (secondary N) is 1. The summed E-state index contributed by atoms with van der Waals surface area (Å²) in [4.78, 5) is 4.84. The summed E-state index contributed by atoms with van der Waals surface area (Å²) in [7, 11) is 0. The lowest BCUT2D eigenvalue weighted by molar-refractivity contribution is 1.20. The molecule has 47 heavy (non-hydrogen) atoms. The number of para-hydroxylation sites is 3. The molecule has 0 unspecified atom stereocenters. The lowest BCUT2D eigenvalue weighted by atomic mass is 9.33. The number of hydrogen-bond acceptors (Lipinski definition) is 3. The van der Waals surface area contributed by atoms with Gasteiger partial charge in [0.1, 0.15) is 0 Å². The van der Waals surface area contributed by atoms with Gasteiger partial charge in [-0.25, -0.2) is 0 Å². The predicted octanol–water partition coefficient (Wildman–Crippen LogP) is 9.11. The van der Waals surface area contributed by atoms with Crippen molar-refractivity contribution in [3.05, 3.63) is 187 Å². The molecule has 0 spiro atoms. The van der Waals surface area contributed by atoms with E-state index in [9.17, 15) is 0 Å². The number of nitrogens with zero attached hydrogens (tertiary/aromatic N) is 2. The van der Waals surface area contributed by atoms with E-state index >= 15 is 0 Å². The molecule has 6 aromatic rings. The Kier molecular flexibility index (Phi) is 6.64. The minimum Gasteiger partial charge on any atom is -0.356 e. The second-order valence-corrected chi connectivity index (χ2v) is 12.2. The summed E-state index contributed by atoms with van der Waals surface area (Å²) in [5.41, 5.74) is 15.6. The van der Waals surface area contributed by atoms with E-state index < -0.39 is 0 Å². The Hall–Kier alpha value is -6.00. The minimum absolute atomic E-state index is 0.123. The molecule has 222 valence electrons. The smallest absolute Gasteiger partial charge is 0.252 e. The van der Waals surface area contributed by atoms with Gasteiger partial charge in [-0.15, -0.1) is 0 Å². The predicted molar refractivity (Wildman–Crippen MR) is 200 cm³/mol. The van der Waals surface area contributed by atoms with Crippen LogP contribution in [0.15, 0.2) is 182 Å². The first-order chi connectivity index (χ1) is 23.3. The van der Waals surface area contributed by atoms with Crippen LogP contribution in [0.25, 0.3) is 5.57 Å². The van der Waals surface area contributed by atoms with E-state index in [0.29, 0.717) is 0 Å². The molecule has 2 aliphatic heterocycles. The van der Waals surface area contributed by atoms with Crippen LogP contribution in [0.1, 0.15) is 12.0 Å². The molecule has 0 saturated carbocycles. The first-order valence-corrected chi connectivity index (χ1v) is 16.3. The Labute approximate surface area is 276 Å². The van der Waals surface area contributed by atoms with Crippen molar-refractivity contribution in [3.8, 4) is 0 Å². The monoisotopic (exact) mass is 601 g/mol. The van der Waals surface area contributed by atoms with Gasteiger partial charge >= 0.3 is 0 Å². The average molecular weight is 602 g/mol. The van der Waals surface area contributed by atoms with Crippen LogP contribution in [-0.2, 0) is 0 Å². The van der Waals surface area contributed by atoms with Gasteiger partial charge in [0.2, 0.25) is 0 Å². The Morgan fingerprint density at radius 1 is 0.596 bits per heavy atom. The van der Waals surface area contributed by atoms with Gasteiger partial charge in [0.15, 0.2) is 0 Å². The topological polar surface area (TPSA) is 18.5 Å². The fraction of sp³-hybridized carbons (Fsp3) is 0.0233. The van der Waals surface area contributed by atoms with Gasteiger partial charge in [-0.3, -0.25) is 0 Å². The highest BCUT2D eigenvalue weighted by atomic mass is 15.2. The molecule has 0 saturated heterocycles. The van der Waals surface area contributed by atoms with E-state index in [1.807, 2.05) is 0 Å². The van der Waals surface area contributed by atoms with E-state index in [-0.39, 0.29) is 6.71 Å². The number of anilines is 7. The number of allylic oxidation sites excluding steroid dienone is 5. The third kappa shape index (κ3) is 4.69. The fourth-order valence-corrected chi connectivity index (χ4v) is 7.39. The van der Waals surface area contributed by atoms with Crippen molar-refractivity contribution in [2.45, 2.75) is 6.42 Å². The molecule has 1 N–H and O–H groups in total. The van der Waals surface area contributed by atoms with E-state index in [4.69, 9.17) is 0 Å². The normalized spacial score (nSPS) is 14.1. The Bertz CT molecular complexity index is 2200. The summed E-state index contributed by atoms with van der Waals surface area (Å²) < 4.78 is 0. The largest absolute Gasteiger partial charge is 0.356 e. The molecule has 3 aliphatic rings. The Morgan fingerprint density at radius 2 is 1.32 bits per heavy atom. The highest BCUT2D eigenvalue weighted by Crippen LogP contribution is 2.42. The van der Waals surface area contributed by atoms with Crippen LogP contribution in [0, 0.1) is 0 Å². The van der Waals surface area contributed by atoms with E-state index in [2.05, 4.69) is 191 Å². The Balaban J connectivity index is 1.27. The first kappa shape index (κ1) is 27.3. The third-order valence-corrected chi connectivity index (χ3v) is 9.44. The molecule has 0 aromatic heterocycles. The highest BCUT2D eigenvalue weighted by Gasteiger charge is 2.40. The van der Waals surface area contributed by atoms with Crippen molar-refractivity contribution >= 4 is 68.5 Å². The zero-order valence-corrected chi connectivity index (χ0v) is 25.9. The second-order valence-electron chi connectivity index (χ2n) is 12.2. The number of fused-ring (bicyclic) bond motifs is 4. The van der Waals surface area contributed by atoms with Gasteiger partial charge < -0.3 is 15.1 Å². The molecule has 3 nitrogen and oxygen atoms in total. The van der Waals surface area contributed by atoms with Crippen molar-refractivity contribution < 1.29 is 0 Å². The SMILES string of the molecule is C1=CC(N(c2ccccc2)c2ccc3c(c2)N(c2ccccc2)c2cccc4c2B3c2ccccc2N4)=CC(c2ccccc2)=CC1. The van der Waals surface area contributed by atoms with E-state index in [0.717, 1.165) is 29.2 Å². The van der Waals surface area contributed by atoms with Crippen LogP contribution in [0.2, 0.25) is 0 Å². The standard InChI is InChI=1S/C43H32BN3/c1-4-15-31(16-5-1)32-17-10-11-22-35(29-32)46(33-18-6-2-7-19-33)36-27-28-38-42(30-36)47(34-20-8-3-9-21-34)41-26-14-25-40-43(41)44(38)37-23-12-13-24-39(37)45-40/h1-9,11-30,45H,10H2. The number of rotatable bonds is 5. The fourth-order valence-electron chi connectivity index (χ4n) is 7.39. The average Bonchev–Trinajstić information content (AvgIpc) is 3.39. The molecule has 9 rings (SSSR count). The van der Waals surface area contributed by atoms with Crippen molar-refractivity contribution in [1.29, 1.82) is 0 Å². The maximum Gasteiger partial charge on any atom is 0.252 e. The molecular weight excluding hydrogens is 569 g/mol. The quantitative estimate of drug-likeness (QED) is 0.199. The van der Waals surface area contributed by atoms with Gasteiger partial charge in [0, 0.05) is 45.5 Å². The summed E-state index contributed by atoms with van der Waals surface area (Å²) in [6.07, 6.45) is 10.0. The van der Waals surface area contributed by atoms with Gasteiger partial charge in [0.05, 0.1) is 0 Å². The Morgan fingerprint density at radius 3 is 2.15 bits per heavy atom. The second kappa shape index (κ2) is 11.4. The summed E-state index contributed by atoms with van der Waals surface area (Å²) in [6.45, 7) is 0.123. The summed E-state index contributed by atoms with van der Waals surface area (Å²) in [5, 5.41) is 3.74. The molecule has 0 atom stereocenters.